The Kier molecular flexibility index (Phi) is 3.08. The fourth-order valence-corrected chi connectivity index (χ4v) is 2.97. The molecule has 20 heavy (non-hydrogen) atoms. The zero-order valence-corrected chi connectivity index (χ0v) is 12.1. The summed E-state index contributed by atoms with van der Waals surface area (Å²) in [5, 5.41) is 3.89. The Balaban J connectivity index is 2.07. The van der Waals surface area contributed by atoms with E-state index >= 15 is 0 Å². The molecule has 0 fully saturated rings. The number of carbonyl (C=O) groups excluding carboxylic acids is 1. The molecular formula is C16H18N2O2. The first-order valence-corrected chi connectivity index (χ1v) is 6.93. The van der Waals surface area contributed by atoms with Crippen LogP contribution in [0.15, 0.2) is 22.7 Å². The van der Waals surface area contributed by atoms with Crippen LogP contribution in [0, 0.1) is 20.8 Å². The van der Waals surface area contributed by atoms with Crippen molar-refractivity contribution in [2.45, 2.75) is 33.6 Å². The average Bonchev–Trinajstić information content (AvgIpc) is 2.77. The Morgan fingerprint density at radius 1 is 1.30 bits per heavy atom. The van der Waals surface area contributed by atoms with E-state index in [4.69, 9.17) is 4.52 Å². The summed E-state index contributed by atoms with van der Waals surface area (Å²) in [5.41, 5.74) is 4.71. The molecule has 1 aromatic carbocycles. The lowest BCUT2D eigenvalue weighted by molar-refractivity contribution is 0.0983. The molecule has 0 atom stereocenters. The number of aromatic nitrogens is 1. The van der Waals surface area contributed by atoms with Crippen molar-refractivity contribution in [1.82, 2.24) is 5.16 Å². The van der Waals surface area contributed by atoms with Crippen molar-refractivity contribution < 1.29 is 9.32 Å². The van der Waals surface area contributed by atoms with Gasteiger partial charge in [0.25, 0.3) is 5.91 Å². The van der Waals surface area contributed by atoms with Gasteiger partial charge in [0.15, 0.2) is 0 Å². The molecule has 4 nitrogen and oxygen atoms in total. The van der Waals surface area contributed by atoms with Crippen LogP contribution in [0.3, 0.4) is 0 Å². The second-order valence-corrected chi connectivity index (χ2v) is 5.34. The van der Waals surface area contributed by atoms with Crippen molar-refractivity contribution in [3.8, 4) is 0 Å². The molecule has 0 N–H and O–H groups in total. The highest BCUT2D eigenvalue weighted by atomic mass is 16.5. The third kappa shape index (κ3) is 1.92. The van der Waals surface area contributed by atoms with Crippen molar-refractivity contribution in [3.63, 3.8) is 0 Å². The number of rotatable bonds is 1. The Bertz CT molecular complexity index is 654. The predicted molar refractivity (Wildman–Crippen MR) is 77.2 cm³/mol. The maximum Gasteiger partial charge on any atom is 0.263 e. The van der Waals surface area contributed by atoms with Crippen molar-refractivity contribution in [1.29, 1.82) is 0 Å². The molecule has 3 rings (SSSR count). The fraction of sp³-hybridized carbons (Fsp3) is 0.375. The first-order chi connectivity index (χ1) is 9.59. The molecule has 1 aliphatic rings. The largest absolute Gasteiger partial charge is 0.361 e. The Morgan fingerprint density at radius 3 is 2.80 bits per heavy atom. The normalized spacial score (nSPS) is 14.2. The van der Waals surface area contributed by atoms with Crippen molar-refractivity contribution in [3.05, 3.63) is 46.3 Å². The first-order valence-electron chi connectivity index (χ1n) is 6.93. The third-order valence-corrected chi connectivity index (χ3v) is 3.91. The van der Waals surface area contributed by atoms with Gasteiger partial charge in [0.1, 0.15) is 11.3 Å². The second kappa shape index (κ2) is 4.78. The third-order valence-electron chi connectivity index (χ3n) is 3.91. The molecule has 1 amide bonds. The van der Waals surface area contributed by atoms with Gasteiger partial charge in [-0.15, -0.1) is 0 Å². The summed E-state index contributed by atoms with van der Waals surface area (Å²) in [6.07, 6.45) is 2.02. The molecule has 0 bridgehead atoms. The van der Waals surface area contributed by atoms with Gasteiger partial charge in [-0.05, 0) is 44.7 Å². The zero-order chi connectivity index (χ0) is 14.3. The van der Waals surface area contributed by atoms with Crippen LogP contribution in [0.4, 0.5) is 5.69 Å². The van der Waals surface area contributed by atoms with E-state index < -0.39 is 0 Å². The molecule has 0 saturated heterocycles. The van der Waals surface area contributed by atoms with Gasteiger partial charge in [0.05, 0.1) is 11.4 Å². The number of anilines is 1. The summed E-state index contributed by atoms with van der Waals surface area (Å²) >= 11 is 0. The van der Waals surface area contributed by atoms with E-state index in [0.717, 1.165) is 30.6 Å². The quantitative estimate of drug-likeness (QED) is 0.799. The van der Waals surface area contributed by atoms with Crippen molar-refractivity contribution >= 4 is 11.6 Å². The summed E-state index contributed by atoms with van der Waals surface area (Å²) in [5.74, 6) is 0.588. The Morgan fingerprint density at radius 2 is 2.10 bits per heavy atom. The van der Waals surface area contributed by atoms with Crippen molar-refractivity contribution in [2.24, 2.45) is 0 Å². The predicted octanol–water partition coefficient (Wildman–Crippen LogP) is 3.19. The highest BCUT2D eigenvalue weighted by Crippen LogP contribution is 2.32. The molecule has 104 valence electrons. The molecule has 4 heteroatoms. The van der Waals surface area contributed by atoms with Gasteiger partial charge in [-0.2, -0.15) is 0 Å². The number of benzene rings is 1. The lowest BCUT2D eigenvalue weighted by Gasteiger charge is -2.31. The molecule has 2 heterocycles. The van der Waals surface area contributed by atoms with Gasteiger partial charge in [0.2, 0.25) is 0 Å². The molecule has 0 radical (unpaired) electrons. The number of aryl methyl sites for hydroxylation is 4. The first kappa shape index (κ1) is 12.9. The van der Waals surface area contributed by atoms with Gasteiger partial charge in [0, 0.05) is 6.54 Å². The van der Waals surface area contributed by atoms with E-state index in [1.807, 2.05) is 11.8 Å². The SMILES string of the molecule is Cc1cccc2c1N(C(=O)c1c(C)noc1C)CCC2. The highest BCUT2D eigenvalue weighted by molar-refractivity contribution is 6.08. The molecule has 1 aliphatic heterocycles. The van der Waals surface area contributed by atoms with Crippen LogP contribution in [-0.4, -0.2) is 17.6 Å². The summed E-state index contributed by atoms with van der Waals surface area (Å²) in [7, 11) is 0. The van der Waals surface area contributed by atoms with Crippen LogP contribution >= 0.6 is 0 Å². The standard InChI is InChI=1S/C16H18N2O2/c1-10-6-4-7-13-8-5-9-18(15(10)13)16(19)14-11(2)17-20-12(14)3/h4,6-7H,5,8-9H2,1-3H3. The van der Waals surface area contributed by atoms with Crippen LogP contribution in [0.1, 0.15) is 39.4 Å². The van der Waals surface area contributed by atoms with E-state index in [1.165, 1.54) is 5.56 Å². The van der Waals surface area contributed by atoms with Gasteiger partial charge in [-0.25, -0.2) is 0 Å². The smallest absolute Gasteiger partial charge is 0.263 e. The maximum atomic E-state index is 12.8. The number of hydrogen-bond donors (Lipinski definition) is 0. The monoisotopic (exact) mass is 270 g/mol. The van der Waals surface area contributed by atoms with Crippen LogP contribution < -0.4 is 4.90 Å². The van der Waals surface area contributed by atoms with Crippen LogP contribution in [0.25, 0.3) is 0 Å². The van der Waals surface area contributed by atoms with Crippen LogP contribution in [0.5, 0.6) is 0 Å². The minimum atomic E-state index is -0.00324. The maximum absolute atomic E-state index is 12.8. The van der Waals surface area contributed by atoms with Crippen LogP contribution in [-0.2, 0) is 6.42 Å². The van der Waals surface area contributed by atoms with E-state index in [-0.39, 0.29) is 5.91 Å². The number of nitrogens with zero attached hydrogens (tertiary/aromatic N) is 2. The number of fused-ring (bicyclic) bond motifs is 1. The Labute approximate surface area is 118 Å². The van der Waals surface area contributed by atoms with Crippen molar-refractivity contribution in [2.75, 3.05) is 11.4 Å². The van der Waals surface area contributed by atoms with Gasteiger partial charge in [-0.1, -0.05) is 23.4 Å². The zero-order valence-electron chi connectivity index (χ0n) is 12.1. The topological polar surface area (TPSA) is 46.3 Å². The summed E-state index contributed by atoms with van der Waals surface area (Å²) in [6, 6.07) is 6.21. The Hall–Kier alpha value is -2.10. The van der Waals surface area contributed by atoms with Gasteiger partial charge < -0.3 is 9.42 Å². The summed E-state index contributed by atoms with van der Waals surface area (Å²) < 4.78 is 5.13. The number of hydrogen-bond acceptors (Lipinski definition) is 3. The molecular weight excluding hydrogens is 252 g/mol. The molecule has 1 aromatic heterocycles. The van der Waals surface area contributed by atoms with E-state index in [1.54, 1.807) is 6.92 Å². The summed E-state index contributed by atoms with van der Waals surface area (Å²) in [6.45, 7) is 6.40. The van der Waals surface area contributed by atoms with E-state index in [0.29, 0.717) is 17.0 Å². The molecule has 0 unspecified atom stereocenters. The van der Waals surface area contributed by atoms with E-state index in [2.05, 4.69) is 30.3 Å². The molecule has 0 aliphatic carbocycles. The van der Waals surface area contributed by atoms with E-state index in [9.17, 15) is 4.79 Å². The number of carbonyl (C=O) groups is 1. The molecule has 2 aromatic rings. The average molecular weight is 270 g/mol. The summed E-state index contributed by atoms with van der Waals surface area (Å²) in [4.78, 5) is 14.7. The minimum Gasteiger partial charge on any atom is -0.361 e. The highest BCUT2D eigenvalue weighted by Gasteiger charge is 2.28. The van der Waals surface area contributed by atoms with Gasteiger partial charge >= 0.3 is 0 Å². The second-order valence-electron chi connectivity index (χ2n) is 5.34. The van der Waals surface area contributed by atoms with Crippen LogP contribution in [0.2, 0.25) is 0 Å². The minimum absolute atomic E-state index is 0.00324. The fourth-order valence-electron chi connectivity index (χ4n) is 2.97. The van der Waals surface area contributed by atoms with Gasteiger partial charge in [-0.3, -0.25) is 4.79 Å². The molecule has 0 saturated carbocycles. The molecule has 0 spiro atoms. The lowest BCUT2D eigenvalue weighted by atomic mass is 9.97. The number of para-hydroxylation sites is 1. The number of amides is 1. The lowest BCUT2D eigenvalue weighted by Crippen LogP contribution is -2.36.